The van der Waals surface area contributed by atoms with Gasteiger partial charge >= 0.3 is 0 Å². The predicted molar refractivity (Wildman–Crippen MR) is 56.3 cm³/mol. The first-order valence-corrected chi connectivity index (χ1v) is 5.35. The fourth-order valence-electron chi connectivity index (χ4n) is 1.84. The molecule has 0 radical (unpaired) electrons. The predicted octanol–water partition coefficient (Wildman–Crippen LogP) is 0.682. The summed E-state index contributed by atoms with van der Waals surface area (Å²) < 4.78 is 10.8. The van der Waals surface area contributed by atoms with Gasteiger partial charge < -0.3 is 19.7 Å². The molecule has 1 fully saturated rings. The third kappa shape index (κ3) is 2.78. The van der Waals surface area contributed by atoms with Gasteiger partial charge in [-0.2, -0.15) is 0 Å². The van der Waals surface area contributed by atoms with Crippen LogP contribution in [0.1, 0.15) is 20.3 Å². The first-order chi connectivity index (χ1) is 7.11. The van der Waals surface area contributed by atoms with Crippen molar-refractivity contribution >= 4 is 0 Å². The minimum absolute atomic E-state index is 0.0711. The van der Waals surface area contributed by atoms with Crippen LogP contribution in [-0.4, -0.2) is 41.4 Å². The van der Waals surface area contributed by atoms with Crippen LogP contribution in [-0.2, 0) is 9.47 Å². The van der Waals surface area contributed by atoms with Gasteiger partial charge in [-0.05, 0) is 6.42 Å². The molecule has 2 N–H and O–H groups in total. The Morgan fingerprint density at radius 2 is 2.07 bits per heavy atom. The van der Waals surface area contributed by atoms with Crippen molar-refractivity contribution in [1.29, 1.82) is 0 Å². The molecule has 0 saturated carbocycles. The molecular weight excluding hydrogens is 196 g/mol. The maximum absolute atomic E-state index is 9.78. The van der Waals surface area contributed by atoms with E-state index in [2.05, 4.69) is 6.58 Å². The van der Waals surface area contributed by atoms with Crippen LogP contribution < -0.4 is 0 Å². The second kappa shape index (κ2) is 5.61. The number of ether oxygens (including phenoxy) is 2. The lowest BCUT2D eigenvalue weighted by atomic mass is 9.89. The minimum atomic E-state index is -0.984. The van der Waals surface area contributed by atoms with Gasteiger partial charge in [0.15, 0.2) is 6.29 Å². The van der Waals surface area contributed by atoms with Crippen molar-refractivity contribution in [2.24, 2.45) is 5.92 Å². The number of hydrogen-bond acceptors (Lipinski definition) is 4. The Labute approximate surface area is 90.5 Å². The smallest absolute Gasteiger partial charge is 0.186 e. The van der Waals surface area contributed by atoms with Gasteiger partial charge in [0.2, 0.25) is 0 Å². The molecule has 1 saturated heterocycles. The van der Waals surface area contributed by atoms with E-state index in [9.17, 15) is 10.2 Å². The normalized spacial score (nSPS) is 41.5. The van der Waals surface area contributed by atoms with Crippen LogP contribution in [0.2, 0.25) is 0 Å². The largest absolute Gasteiger partial charge is 0.390 e. The third-order valence-corrected chi connectivity index (χ3v) is 2.84. The summed E-state index contributed by atoms with van der Waals surface area (Å²) in [6.07, 6.45) is -0.223. The maximum atomic E-state index is 9.78. The van der Waals surface area contributed by atoms with Gasteiger partial charge in [-0.1, -0.05) is 19.9 Å². The van der Waals surface area contributed by atoms with Crippen LogP contribution in [0.15, 0.2) is 12.7 Å². The average Bonchev–Trinajstić information content (AvgIpc) is 2.25. The quantitative estimate of drug-likeness (QED) is 0.679. The molecule has 5 atom stereocenters. The van der Waals surface area contributed by atoms with Crippen LogP contribution in [0.4, 0.5) is 0 Å². The van der Waals surface area contributed by atoms with Crippen molar-refractivity contribution in [3.63, 3.8) is 0 Å². The van der Waals surface area contributed by atoms with E-state index in [1.54, 1.807) is 6.08 Å². The first kappa shape index (κ1) is 12.6. The van der Waals surface area contributed by atoms with Gasteiger partial charge in [-0.3, -0.25) is 0 Å². The molecule has 0 amide bonds. The minimum Gasteiger partial charge on any atom is -0.390 e. The fraction of sp³-hybridized carbons (Fsp3) is 0.818. The molecule has 0 aromatic rings. The Morgan fingerprint density at radius 1 is 1.40 bits per heavy atom. The standard InChI is InChI=1S/C11H20O4/c1-4-6-14-11-10(13)9(12)7(3)8(5-2)15-11/h4,7-13H,1,5-6H2,2-3H3/t7-,8?,9?,10?,11?/m0/s1. The van der Waals surface area contributed by atoms with E-state index in [4.69, 9.17) is 9.47 Å². The van der Waals surface area contributed by atoms with Crippen molar-refractivity contribution < 1.29 is 19.7 Å². The van der Waals surface area contributed by atoms with Gasteiger partial charge in [0, 0.05) is 5.92 Å². The van der Waals surface area contributed by atoms with E-state index >= 15 is 0 Å². The lowest BCUT2D eigenvalue weighted by molar-refractivity contribution is -0.280. The van der Waals surface area contributed by atoms with Crippen molar-refractivity contribution in [2.45, 2.75) is 44.9 Å². The monoisotopic (exact) mass is 216 g/mol. The Bertz CT molecular complexity index is 205. The second-order valence-electron chi connectivity index (χ2n) is 3.91. The summed E-state index contributed by atoms with van der Waals surface area (Å²) in [6.45, 7) is 7.67. The van der Waals surface area contributed by atoms with Gasteiger partial charge in [0.1, 0.15) is 6.10 Å². The van der Waals surface area contributed by atoms with Crippen molar-refractivity contribution in [1.82, 2.24) is 0 Å². The zero-order valence-electron chi connectivity index (χ0n) is 9.30. The van der Waals surface area contributed by atoms with Crippen LogP contribution in [0.5, 0.6) is 0 Å². The van der Waals surface area contributed by atoms with Gasteiger partial charge in [-0.15, -0.1) is 6.58 Å². The summed E-state index contributed by atoms with van der Waals surface area (Å²) in [5.41, 5.74) is 0. The van der Waals surface area contributed by atoms with Crippen molar-refractivity contribution in [3.8, 4) is 0 Å². The highest BCUT2D eigenvalue weighted by atomic mass is 16.7. The second-order valence-corrected chi connectivity index (χ2v) is 3.91. The zero-order valence-corrected chi connectivity index (χ0v) is 9.30. The molecule has 0 bridgehead atoms. The summed E-state index contributed by atoms with van der Waals surface area (Å²) in [5, 5.41) is 19.5. The van der Waals surface area contributed by atoms with Crippen molar-refractivity contribution in [2.75, 3.05) is 6.61 Å². The Kier molecular flexibility index (Phi) is 4.73. The molecule has 88 valence electrons. The highest BCUT2D eigenvalue weighted by Gasteiger charge is 2.41. The molecule has 0 aromatic heterocycles. The Morgan fingerprint density at radius 3 is 2.60 bits per heavy atom. The SMILES string of the molecule is C=CCOC1OC(CC)[C@H](C)C(O)C1O. The molecule has 0 aromatic carbocycles. The van der Waals surface area contributed by atoms with E-state index in [1.165, 1.54) is 0 Å². The zero-order chi connectivity index (χ0) is 11.4. The number of aliphatic hydroxyl groups is 2. The van der Waals surface area contributed by atoms with E-state index in [1.807, 2.05) is 13.8 Å². The molecule has 0 spiro atoms. The topological polar surface area (TPSA) is 58.9 Å². The highest BCUT2D eigenvalue weighted by Crippen LogP contribution is 2.28. The van der Waals surface area contributed by atoms with Gasteiger partial charge in [0.25, 0.3) is 0 Å². The molecule has 15 heavy (non-hydrogen) atoms. The molecule has 1 heterocycles. The first-order valence-electron chi connectivity index (χ1n) is 5.35. The number of rotatable bonds is 4. The summed E-state index contributed by atoms with van der Waals surface area (Å²) in [6, 6.07) is 0. The average molecular weight is 216 g/mol. The van der Waals surface area contributed by atoms with Gasteiger partial charge in [0.05, 0.1) is 18.8 Å². The summed E-state index contributed by atoms with van der Waals surface area (Å²) in [4.78, 5) is 0. The molecule has 4 heteroatoms. The summed E-state index contributed by atoms with van der Waals surface area (Å²) >= 11 is 0. The lowest BCUT2D eigenvalue weighted by Crippen LogP contribution is -2.54. The molecule has 4 nitrogen and oxygen atoms in total. The molecule has 4 unspecified atom stereocenters. The van der Waals surface area contributed by atoms with Gasteiger partial charge in [-0.25, -0.2) is 0 Å². The third-order valence-electron chi connectivity index (χ3n) is 2.84. The van der Waals surface area contributed by atoms with E-state index in [0.29, 0.717) is 6.61 Å². The molecular formula is C11H20O4. The molecule has 1 aliphatic heterocycles. The van der Waals surface area contributed by atoms with E-state index in [0.717, 1.165) is 6.42 Å². The van der Waals surface area contributed by atoms with Crippen LogP contribution in [0, 0.1) is 5.92 Å². The number of aliphatic hydroxyl groups excluding tert-OH is 2. The highest BCUT2D eigenvalue weighted by molar-refractivity contribution is 4.86. The summed E-state index contributed by atoms with van der Waals surface area (Å²) in [5.74, 6) is -0.0754. The van der Waals surface area contributed by atoms with Crippen molar-refractivity contribution in [3.05, 3.63) is 12.7 Å². The van der Waals surface area contributed by atoms with E-state index in [-0.39, 0.29) is 12.0 Å². The fourth-order valence-corrected chi connectivity index (χ4v) is 1.84. The van der Waals surface area contributed by atoms with Crippen LogP contribution in [0.25, 0.3) is 0 Å². The molecule has 1 aliphatic rings. The maximum Gasteiger partial charge on any atom is 0.186 e. The summed E-state index contributed by atoms with van der Waals surface area (Å²) in [7, 11) is 0. The molecule has 0 aliphatic carbocycles. The van der Waals surface area contributed by atoms with Crippen LogP contribution in [0.3, 0.4) is 0 Å². The van der Waals surface area contributed by atoms with E-state index < -0.39 is 18.5 Å². The Hall–Kier alpha value is -0.420. The lowest BCUT2D eigenvalue weighted by Gasteiger charge is -2.40. The van der Waals surface area contributed by atoms with Crippen LogP contribution >= 0.6 is 0 Å². The molecule has 1 rings (SSSR count). The number of hydrogen-bond donors (Lipinski definition) is 2. The Balaban J connectivity index is 2.60.